The summed E-state index contributed by atoms with van der Waals surface area (Å²) in [6, 6.07) is 4.00. The van der Waals surface area contributed by atoms with Crippen LogP contribution in [-0.4, -0.2) is 6.04 Å². The molecule has 3 heteroatoms. The quantitative estimate of drug-likeness (QED) is 0.721. The van der Waals surface area contributed by atoms with Crippen LogP contribution in [0.3, 0.4) is 0 Å². The van der Waals surface area contributed by atoms with Gasteiger partial charge in [-0.05, 0) is 12.1 Å². The van der Waals surface area contributed by atoms with Gasteiger partial charge in [0.25, 0.3) is 0 Å². The smallest absolute Gasteiger partial charge is 0.127 e. The summed E-state index contributed by atoms with van der Waals surface area (Å²) in [5.74, 6) is 1.96. The van der Waals surface area contributed by atoms with E-state index in [2.05, 4.69) is 5.92 Å². The van der Waals surface area contributed by atoms with Gasteiger partial charge in [0.15, 0.2) is 0 Å². The number of nitrogens with two attached hydrogens (primary N) is 1. The lowest BCUT2D eigenvalue weighted by Crippen LogP contribution is -2.20. The highest BCUT2D eigenvalue weighted by atomic mass is 35.5. The Morgan fingerprint density at radius 1 is 1.62 bits per heavy atom. The van der Waals surface area contributed by atoms with Gasteiger partial charge >= 0.3 is 0 Å². The number of hydrogen-bond donors (Lipinski definition) is 1. The highest BCUT2D eigenvalue weighted by Gasteiger charge is 2.09. The van der Waals surface area contributed by atoms with Gasteiger partial charge in [0.2, 0.25) is 0 Å². The Bertz CT molecular complexity index is 323. The normalized spacial score (nSPS) is 12.2. The van der Waals surface area contributed by atoms with E-state index in [4.69, 9.17) is 23.8 Å². The van der Waals surface area contributed by atoms with Crippen LogP contribution in [0.5, 0.6) is 0 Å². The highest BCUT2D eigenvalue weighted by Crippen LogP contribution is 2.19. The van der Waals surface area contributed by atoms with Gasteiger partial charge < -0.3 is 5.73 Å². The largest absolute Gasteiger partial charge is 0.317 e. The zero-order valence-electron chi connectivity index (χ0n) is 6.93. The average molecular weight is 198 g/mol. The molecule has 1 aromatic rings. The Kier molecular flexibility index (Phi) is 3.30. The van der Waals surface area contributed by atoms with Crippen molar-refractivity contribution >= 4 is 11.6 Å². The second-order valence-corrected chi connectivity index (χ2v) is 3.08. The fraction of sp³-hybridized carbons (Fsp3) is 0.200. The van der Waals surface area contributed by atoms with E-state index < -0.39 is 6.04 Å². The van der Waals surface area contributed by atoms with Crippen molar-refractivity contribution in [1.82, 2.24) is 0 Å². The van der Waals surface area contributed by atoms with Crippen LogP contribution in [0.2, 0.25) is 5.02 Å². The number of halogens is 2. The minimum atomic E-state index is -0.491. The van der Waals surface area contributed by atoms with Crippen LogP contribution in [0.4, 0.5) is 4.39 Å². The third-order valence-corrected chi connectivity index (χ3v) is 2.05. The zero-order valence-corrected chi connectivity index (χ0v) is 7.68. The molecule has 1 atom stereocenters. The fourth-order valence-corrected chi connectivity index (χ4v) is 1.25. The second kappa shape index (κ2) is 4.27. The minimum absolute atomic E-state index is 0.266. The van der Waals surface area contributed by atoms with Crippen LogP contribution >= 0.6 is 11.6 Å². The predicted molar refractivity (Wildman–Crippen MR) is 51.9 cm³/mol. The number of rotatable bonds is 2. The minimum Gasteiger partial charge on any atom is -0.317 e. The molecule has 0 amide bonds. The molecule has 13 heavy (non-hydrogen) atoms. The van der Waals surface area contributed by atoms with E-state index in [1.165, 1.54) is 6.07 Å². The summed E-state index contributed by atoms with van der Waals surface area (Å²) >= 11 is 5.77. The maximum Gasteiger partial charge on any atom is 0.127 e. The number of benzene rings is 1. The second-order valence-electron chi connectivity index (χ2n) is 2.68. The maximum atomic E-state index is 13.1. The SMILES string of the molecule is C#CC(N)Cc1c(F)cccc1Cl. The van der Waals surface area contributed by atoms with Gasteiger partial charge in [0.1, 0.15) is 5.82 Å². The van der Waals surface area contributed by atoms with Gasteiger partial charge in [-0.25, -0.2) is 4.39 Å². The molecule has 0 saturated heterocycles. The molecule has 0 saturated carbocycles. The van der Waals surface area contributed by atoms with Gasteiger partial charge in [-0.3, -0.25) is 0 Å². The summed E-state index contributed by atoms with van der Waals surface area (Å²) in [5.41, 5.74) is 5.87. The van der Waals surface area contributed by atoms with Crippen LogP contribution in [-0.2, 0) is 6.42 Å². The molecule has 1 aromatic carbocycles. The standard InChI is InChI=1S/C10H9ClFN/c1-2-7(13)6-8-9(11)4-3-5-10(8)12/h1,3-5,7H,6,13H2. The van der Waals surface area contributed by atoms with Gasteiger partial charge in [-0.1, -0.05) is 23.6 Å². The van der Waals surface area contributed by atoms with Crippen LogP contribution in [0.25, 0.3) is 0 Å². The number of hydrogen-bond acceptors (Lipinski definition) is 1. The summed E-state index contributed by atoms with van der Waals surface area (Å²) in [6.07, 6.45) is 5.35. The van der Waals surface area contributed by atoms with Crippen molar-refractivity contribution in [3.63, 3.8) is 0 Å². The van der Waals surface area contributed by atoms with Crippen LogP contribution in [0.1, 0.15) is 5.56 Å². The van der Waals surface area contributed by atoms with Crippen LogP contribution < -0.4 is 5.73 Å². The Balaban J connectivity index is 2.95. The molecular weight excluding hydrogens is 189 g/mol. The van der Waals surface area contributed by atoms with E-state index in [1.807, 2.05) is 0 Å². The average Bonchev–Trinajstić information content (AvgIpc) is 2.11. The van der Waals surface area contributed by atoms with Crippen molar-refractivity contribution in [2.24, 2.45) is 5.73 Å². The molecule has 0 aliphatic heterocycles. The summed E-state index contributed by atoms with van der Waals surface area (Å²) in [6.45, 7) is 0. The first-order valence-electron chi connectivity index (χ1n) is 3.79. The first kappa shape index (κ1) is 10.0. The van der Waals surface area contributed by atoms with Crippen LogP contribution in [0, 0.1) is 18.2 Å². The third kappa shape index (κ3) is 2.45. The fourth-order valence-electron chi connectivity index (χ4n) is 1.01. The van der Waals surface area contributed by atoms with E-state index in [0.717, 1.165) is 0 Å². The summed E-state index contributed by atoms with van der Waals surface area (Å²) in [5, 5.41) is 0.366. The topological polar surface area (TPSA) is 26.0 Å². The Morgan fingerprint density at radius 2 is 2.31 bits per heavy atom. The van der Waals surface area contributed by atoms with E-state index in [0.29, 0.717) is 10.6 Å². The maximum absolute atomic E-state index is 13.1. The van der Waals surface area contributed by atoms with Crippen molar-refractivity contribution in [2.75, 3.05) is 0 Å². The molecule has 1 rings (SSSR count). The van der Waals surface area contributed by atoms with Crippen molar-refractivity contribution in [2.45, 2.75) is 12.5 Å². The molecule has 0 aliphatic carbocycles. The molecule has 0 fully saturated rings. The van der Waals surface area contributed by atoms with Gasteiger partial charge in [0, 0.05) is 17.0 Å². The van der Waals surface area contributed by atoms with E-state index in [9.17, 15) is 4.39 Å². The van der Waals surface area contributed by atoms with Gasteiger partial charge in [0.05, 0.1) is 6.04 Å². The lowest BCUT2D eigenvalue weighted by Gasteiger charge is -2.07. The van der Waals surface area contributed by atoms with E-state index >= 15 is 0 Å². The van der Waals surface area contributed by atoms with Crippen LogP contribution in [0.15, 0.2) is 18.2 Å². The molecule has 2 N–H and O–H groups in total. The first-order chi connectivity index (χ1) is 6.15. The Hall–Kier alpha value is -1.04. The first-order valence-corrected chi connectivity index (χ1v) is 4.17. The molecule has 0 radical (unpaired) electrons. The molecule has 0 bridgehead atoms. The van der Waals surface area contributed by atoms with E-state index in [1.54, 1.807) is 12.1 Å². The Labute approximate surface area is 81.7 Å². The van der Waals surface area contributed by atoms with E-state index in [-0.39, 0.29) is 12.2 Å². The highest BCUT2D eigenvalue weighted by molar-refractivity contribution is 6.31. The third-order valence-electron chi connectivity index (χ3n) is 1.70. The molecule has 0 aromatic heterocycles. The molecule has 0 spiro atoms. The molecule has 1 nitrogen and oxygen atoms in total. The molecular formula is C10H9ClFN. The monoisotopic (exact) mass is 197 g/mol. The lowest BCUT2D eigenvalue weighted by molar-refractivity contribution is 0.604. The molecule has 68 valence electrons. The Morgan fingerprint density at radius 3 is 2.85 bits per heavy atom. The molecule has 0 aliphatic rings. The molecule has 0 heterocycles. The predicted octanol–water partition coefficient (Wildman–Crippen LogP) is 1.98. The summed E-state index contributed by atoms with van der Waals surface area (Å²) in [7, 11) is 0. The summed E-state index contributed by atoms with van der Waals surface area (Å²) in [4.78, 5) is 0. The van der Waals surface area contributed by atoms with Crippen molar-refractivity contribution in [1.29, 1.82) is 0 Å². The van der Waals surface area contributed by atoms with Gasteiger partial charge in [-0.15, -0.1) is 6.42 Å². The number of terminal acetylenes is 1. The van der Waals surface area contributed by atoms with Crippen molar-refractivity contribution < 1.29 is 4.39 Å². The van der Waals surface area contributed by atoms with Gasteiger partial charge in [-0.2, -0.15) is 0 Å². The molecule has 1 unspecified atom stereocenters. The van der Waals surface area contributed by atoms with Crippen molar-refractivity contribution in [3.8, 4) is 12.3 Å². The zero-order chi connectivity index (χ0) is 9.84. The van der Waals surface area contributed by atoms with Crippen molar-refractivity contribution in [3.05, 3.63) is 34.6 Å². The summed E-state index contributed by atoms with van der Waals surface area (Å²) < 4.78 is 13.1. The lowest BCUT2D eigenvalue weighted by atomic mass is 10.1.